The molecule has 1 atom stereocenters. The zero-order chi connectivity index (χ0) is 9.41. The van der Waals surface area contributed by atoms with Gasteiger partial charge in [-0.05, 0) is 31.1 Å². The van der Waals surface area contributed by atoms with Crippen LogP contribution in [-0.4, -0.2) is 10.7 Å². The molecule has 0 amide bonds. The molecule has 0 aromatic rings. The lowest BCUT2D eigenvalue weighted by Crippen LogP contribution is -2.39. The topological polar surface area (TPSA) is 20.2 Å². The molecule has 1 N–H and O–H groups in total. The van der Waals surface area contributed by atoms with Crippen LogP contribution in [0.3, 0.4) is 0 Å². The van der Waals surface area contributed by atoms with Crippen molar-refractivity contribution in [2.24, 2.45) is 11.3 Å². The Bertz CT molecular complexity index is 149. The first-order valence-electron chi connectivity index (χ1n) is 5.05. The van der Waals surface area contributed by atoms with Gasteiger partial charge < -0.3 is 5.11 Å². The third-order valence-electron chi connectivity index (χ3n) is 3.35. The van der Waals surface area contributed by atoms with E-state index in [0.717, 1.165) is 12.3 Å². The Morgan fingerprint density at radius 3 is 2.00 bits per heavy atom. The maximum Gasteiger partial charge on any atom is 0.0667 e. The van der Waals surface area contributed by atoms with Crippen LogP contribution >= 0.6 is 0 Å². The fourth-order valence-corrected chi connectivity index (χ4v) is 1.27. The standard InChI is InChI=1S/C11H22O/c1-10(2,3)11(4,12)8-7-9-5-6-9/h9,12H,5-8H2,1-4H3. The van der Waals surface area contributed by atoms with Crippen LogP contribution in [0, 0.1) is 11.3 Å². The SMILES string of the molecule is CC(C)(C)C(C)(O)CCC1CC1. The fourth-order valence-electron chi connectivity index (χ4n) is 1.27. The second-order valence-electron chi connectivity index (χ2n) is 5.51. The molecule has 0 bridgehead atoms. The van der Waals surface area contributed by atoms with Gasteiger partial charge >= 0.3 is 0 Å². The van der Waals surface area contributed by atoms with Gasteiger partial charge in [0.05, 0.1) is 5.60 Å². The summed E-state index contributed by atoms with van der Waals surface area (Å²) >= 11 is 0. The number of rotatable bonds is 3. The van der Waals surface area contributed by atoms with Crippen LogP contribution in [0.5, 0.6) is 0 Å². The highest BCUT2D eigenvalue weighted by Crippen LogP contribution is 2.40. The van der Waals surface area contributed by atoms with Crippen molar-refractivity contribution < 1.29 is 5.11 Å². The molecular weight excluding hydrogens is 148 g/mol. The summed E-state index contributed by atoms with van der Waals surface area (Å²) in [5.41, 5.74) is -0.475. The van der Waals surface area contributed by atoms with Gasteiger partial charge in [0, 0.05) is 0 Å². The number of hydrogen-bond donors (Lipinski definition) is 1. The smallest absolute Gasteiger partial charge is 0.0667 e. The first-order valence-corrected chi connectivity index (χ1v) is 5.05. The molecule has 1 rings (SSSR count). The van der Waals surface area contributed by atoms with Crippen molar-refractivity contribution >= 4 is 0 Å². The third-order valence-corrected chi connectivity index (χ3v) is 3.35. The molecule has 0 aliphatic heterocycles. The molecule has 0 aromatic heterocycles. The summed E-state index contributed by atoms with van der Waals surface area (Å²) in [5.74, 6) is 0.929. The second kappa shape index (κ2) is 3.02. The largest absolute Gasteiger partial charge is 0.390 e. The fraction of sp³-hybridized carbons (Fsp3) is 1.00. The minimum absolute atomic E-state index is 0.0158. The van der Waals surface area contributed by atoms with Gasteiger partial charge in [-0.1, -0.05) is 33.6 Å². The van der Waals surface area contributed by atoms with Gasteiger partial charge in [-0.25, -0.2) is 0 Å². The van der Waals surface area contributed by atoms with Gasteiger partial charge in [0.1, 0.15) is 0 Å². The Balaban J connectivity index is 2.35. The van der Waals surface area contributed by atoms with E-state index in [9.17, 15) is 5.11 Å². The molecule has 1 unspecified atom stereocenters. The molecule has 0 spiro atoms. The molecule has 1 fully saturated rings. The summed E-state index contributed by atoms with van der Waals surface area (Å²) in [6.07, 6.45) is 4.95. The van der Waals surface area contributed by atoms with Crippen LogP contribution in [0.2, 0.25) is 0 Å². The van der Waals surface area contributed by atoms with Crippen molar-refractivity contribution in [1.82, 2.24) is 0 Å². The van der Waals surface area contributed by atoms with E-state index in [1.165, 1.54) is 19.3 Å². The maximum atomic E-state index is 10.1. The van der Waals surface area contributed by atoms with E-state index in [2.05, 4.69) is 20.8 Å². The van der Waals surface area contributed by atoms with E-state index in [1.54, 1.807) is 0 Å². The molecule has 0 aromatic carbocycles. The summed E-state index contributed by atoms with van der Waals surface area (Å²) in [7, 11) is 0. The molecular formula is C11H22O. The summed E-state index contributed by atoms with van der Waals surface area (Å²) in [4.78, 5) is 0. The molecule has 0 saturated heterocycles. The molecule has 72 valence electrons. The second-order valence-corrected chi connectivity index (χ2v) is 5.51. The molecule has 1 saturated carbocycles. The summed E-state index contributed by atoms with van der Waals surface area (Å²) in [6.45, 7) is 8.30. The minimum Gasteiger partial charge on any atom is -0.390 e. The zero-order valence-corrected chi connectivity index (χ0v) is 8.85. The van der Waals surface area contributed by atoms with Gasteiger partial charge in [0.25, 0.3) is 0 Å². The predicted octanol–water partition coefficient (Wildman–Crippen LogP) is 2.97. The lowest BCUT2D eigenvalue weighted by atomic mass is 9.75. The van der Waals surface area contributed by atoms with Gasteiger partial charge in [0.2, 0.25) is 0 Å². The van der Waals surface area contributed by atoms with E-state index < -0.39 is 5.60 Å². The Morgan fingerprint density at radius 2 is 1.67 bits per heavy atom. The highest BCUT2D eigenvalue weighted by atomic mass is 16.3. The van der Waals surface area contributed by atoms with Gasteiger partial charge in [-0.15, -0.1) is 0 Å². The molecule has 0 heterocycles. The summed E-state index contributed by atoms with van der Waals surface area (Å²) in [5, 5.41) is 10.1. The van der Waals surface area contributed by atoms with Crippen LogP contribution in [0.15, 0.2) is 0 Å². The number of hydrogen-bond acceptors (Lipinski definition) is 1. The van der Waals surface area contributed by atoms with Gasteiger partial charge in [-0.2, -0.15) is 0 Å². The Kier molecular flexibility index (Phi) is 2.53. The zero-order valence-electron chi connectivity index (χ0n) is 8.85. The van der Waals surface area contributed by atoms with E-state index in [0.29, 0.717) is 0 Å². The van der Waals surface area contributed by atoms with E-state index in [1.807, 2.05) is 6.92 Å². The van der Waals surface area contributed by atoms with Crippen molar-refractivity contribution in [2.45, 2.75) is 59.0 Å². The van der Waals surface area contributed by atoms with Crippen molar-refractivity contribution in [1.29, 1.82) is 0 Å². The lowest BCUT2D eigenvalue weighted by molar-refractivity contribution is -0.0502. The highest BCUT2D eigenvalue weighted by Gasteiger charge is 2.36. The number of aliphatic hydroxyl groups is 1. The monoisotopic (exact) mass is 170 g/mol. The van der Waals surface area contributed by atoms with Gasteiger partial charge in [-0.3, -0.25) is 0 Å². The van der Waals surface area contributed by atoms with Crippen molar-refractivity contribution in [2.75, 3.05) is 0 Å². The van der Waals surface area contributed by atoms with Crippen molar-refractivity contribution in [3.05, 3.63) is 0 Å². The van der Waals surface area contributed by atoms with Crippen LogP contribution in [0.1, 0.15) is 53.4 Å². The Morgan fingerprint density at radius 1 is 1.17 bits per heavy atom. The van der Waals surface area contributed by atoms with E-state index in [-0.39, 0.29) is 5.41 Å². The Labute approximate surface area is 76.2 Å². The molecule has 1 aliphatic rings. The molecule has 1 heteroatoms. The lowest BCUT2D eigenvalue weighted by Gasteiger charge is -2.37. The maximum absolute atomic E-state index is 10.1. The Hall–Kier alpha value is -0.0400. The first kappa shape index (κ1) is 10.0. The molecule has 12 heavy (non-hydrogen) atoms. The predicted molar refractivity (Wildman–Crippen MR) is 52.0 cm³/mol. The molecule has 0 radical (unpaired) electrons. The van der Waals surface area contributed by atoms with Crippen LogP contribution in [0.25, 0.3) is 0 Å². The highest BCUT2D eigenvalue weighted by molar-refractivity contribution is 4.88. The minimum atomic E-state index is -0.490. The van der Waals surface area contributed by atoms with E-state index in [4.69, 9.17) is 0 Å². The van der Waals surface area contributed by atoms with E-state index >= 15 is 0 Å². The van der Waals surface area contributed by atoms with Crippen molar-refractivity contribution in [3.63, 3.8) is 0 Å². The first-order chi connectivity index (χ1) is 5.33. The summed E-state index contributed by atoms with van der Waals surface area (Å²) < 4.78 is 0. The average molecular weight is 170 g/mol. The van der Waals surface area contributed by atoms with Gasteiger partial charge in [0.15, 0.2) is 0 Å². The molecule has 1 nitrogen and oxygen atoms in total. The van der Waals surface area contributed by atoms with Crippen LogP contribution in [0.4, 0.5) is 0 Å². The molecule has 1 aliphatic carbocycles. The average Bonchev–Trinajstić information content (AvgIpc) is 2.62. The quantitative estimate of drug-likeness (QED) is 0.690. The van der Waals surface area contributed by atoms with Crippen molar-refractivity contribution in [3.8, 4) is 0 Å². The summed E-state index contributed by atoms with van der Waals surface area (Å²) in [6, 6.07) is 0. The normalized spacial score (nSPS) is 23.8. The van der Waals surface area contributed by atoms with Crippen LogP contribution < -0.4 is 0 Å². The third kappa shape index (κ3) is 2.48. The van der Waals surface area contributed by atoms with Crippen LogP contribution in [-0.2, 0) is 0 Å².